The molecule has 0 aromatic carbocycles. The summed E-state index contributed by atoms with van der Waals surface area (Å²) in [6.07, 6.45) is 1.20. The van der Waals surface area contributed by atoms with E-state index in [9.17, 15) is 4.79 Å². The summed E-state index contributed by atoms with van der Waals surface area (Å²) >= 11 is 0. The van der Waals surface area contributed by atoms with Crippen LogP contribution in [-0.4, -0.2) is 41.7 Å². The lowest BCUT2D eigenvalue weighted by molar-refractivity contribution is -0.133. The van der Waals surface area contributed by atoms with Gasteiger partial charge in [-0.15, -0.1) is 0 Å². The molecule has 4 heteroatoms. The van der Waals surface area contributed by atoms with Crippen LogP contribution in [0.2, 0.25) is 0 Å². The fourth-order valence-corrected chi connectivity index (χ4v) is 1.18. The van der Waals surface area contributed by atoms with Gasteiger partial charge in [0, 0.05) is 19.0 Å². The first-order valence-corrected chi connectivity index (χ1v) is 4.73. The van der Waals surface area contributed by atoms with Crippen molar-refractivity contribution in [1.29, 1.82) is 0 Å². The molecule has 0 aromatic rings. The number of nitrogens with zero attached hydrogens (tertiary/aromatic N) is 1. The van der Waals surface area contributed by atoms with E-state index < -0.39 is 0 Å². The first-order valence-electron chi connectivity index (χ1n) is 4.73. The predicted octanol–water partition coefficient (Wildman–Crippen LogP) is -0.0454. The van der Waals surface area contributed by atoms with Crippen LogP contribution in [0.15, 0.2) is 0 Å². The summed E-state index contributed by atoms with van der Waals surface area (Å²) in [7, 11) is 0. The minimum atomic E-state index is 0.0204. The van der Waals surface area contributed by atoms with Gasteiger partial charge in [0.2, 0.25) is 5.91 Å². The Kier molecular flexibility index (Phi) is 6.54. The number of carbonyl (C=O) groups excluding carboxylic acids is 1. The number of hydrogen-bond acceptors (Lipinski definition) is 3. The quantitative estimate of drug-likeness (QED) is 0.614. The Morgan fingerprint density at radius 1 is 1.54 bits per heavy atom. The first-order chi connectivity index (χ1) is 6.13. The van der Waals surface area contributed by atoms with Crippen molar-refractivity contribution in [2.45, 2.75) is 32.7 Å². The maximum absolute atomic E-state index is 11.5. The molecule has 3 N–H and O–H groups in total. The minimum Gasteiger partial charge on any atom is -0.395 e. The maximum Gasteiger partial charge on any atom is 0.222 e. The van der Waals surface area contributed by atoms with Crippen molar-refractivity contribution in [3.05, 3.63) is 0 Å². The van der Waals surface area contributed by atoms with Gasteiger partial charge in [-0.25, -0.2) is 0 Å². The zero-order valence-corrected chi connectivity index (χ0v) is 8.49. The molecule has 13 heavy (non-hydrogen) atoms. The summed E-state index contributed by atoms with van der Waals surface area (Å²) in [6, 6.07) is 0.150. The van der Waals surface area contributed by atoms with E-state index in [0.717, 1.165) is 0 Å². The van der Waals surface area contributed by atoms with Gasteiger partial charge in [-0.3, -0.25) is 4.79 Å². The third-order valence-corrected chi connectivity index (χ3v) is 1.88. The highest BCUT2D eigenvalue weighted by atomic mass is 16.3. The lowest BCUT2D eigenvalue weighted by Gasteiger charge is -2.25. The molecule has 0 rings (SSSR count). The van der Waals surface area contributed by atoms with Crippen molar-refractivity contribution < 1.29 is 9.90 Å². The topological polar surface area (TPSA) is 66.6 Å². The van der Waals surface area contributed by atoms with E-state index in [4.69, 9.17) is 10.8 Å². The third-order valence-electron chi connectivity index (χ3n) is 1.88. The van der Waals surface area contributed by atoms with Crippen molar-refractivity contribution >= 4 is 5.91 Å². The van der Waals surface area contributed by atoms with Gasteiger partial charge in [0.1, 0.15) is 0 Å². The van der Waals surface area contributed by atoms with Gasteiger partial charge >= 0.3 is 0 Å². The molecule has 0 aromatic heterocycles. The van der Waals surface area contributed by atoms with E-state index in [1.165, 1.54) is 0 Å². The zero-order chi connectivity index (χ0) is 10.3. The van der Waals surface area contributed by atoms with Crippen LogP contribution < -0.4 is 5.73 Å². The molecule has 0 radical (unpaired) electrons. The summed E-state index contributed by atoms with van der Waals surface area (Å²) in [6.45, 7) is 4.86. The van der Waals surface area contributed by atoms with Gasteiger partial charge in [-0.05, 0) is 26.8 Å². The van der Waals surface area contributed by atoms with Crippen LogP contribution in [0.3, 0.4) is 0 Å². The Labute approximate surface area is 79.7 Å². The molecule has 4 nitrogen and oxygen atoms in total. The SMILES string of the molecule is CC(C)N(CCO)C(=O)CCCN. The second-order valence-electron chi connectivity index (χ2n) is 3.30. The van der Waals surface area contributed by atoms with E-state index >= 15 is 0 Å². The number of amides is 1. The van der Waals surface area contributed by atoms with E-state index in [0.29, 0.717) is 25.9 Å². The van der Waals surface area contributed by atoms with Crippen LogP contribution in [-0.2, 0) is 4.79 Å². The Hall–Kier alpha value is -0.610. The van der Waals surface area contributed by atoms with Crippen LogP contribution in [0.25, 0.3) is 0 Å². The van der Waals surface area contributed by atoms with Crippen LogP contribution in [0, 0.1) is 0 Å². The molecule has 0 aliphatic heterocycles. The van der Waals surface area contributed by atoms with Crippen LogP contribution in [0.4, 0.5) is 0 Å². The Balaban J connectivity index is 3.96. The molecule has 1 amide bonds. The van der Waals surface area contributed by atoms with Crippen LogP contribution in [0.5, 0.6) is 0 Å². The van der Waals surface area contributed by atoms with E-state index in [-0.39, 0.29) is 18.6 Å². The predicted molar refractivity (Wildman–Crippen MR) is 52.2 cm³/mol. The van der Waals surface area contributed by atoms with Crippen molar-refractivity contribution in [2.24, 2.45) is 5.73 Å². The average Bonchev–Trinajstić information content (AvgIpc) is 2.09. The number of aliphatic hydroxyl groups excluding tert-OH is 1. The Morgan fingerprint density at radius 2 is 2.15 bits per heavy atom. The normalized spacial score (nSPS) is 10.5. The lowest BCUT2D eigenvalue weighted by Crippen LogP contribution is -2.39. The summed E-state index contributed by atoms with van der Waals surface area (Å²) < 4.78 is 0. The minimum absolute atomic E-state index is 0.0204. The summed E-state index contributed by atoms with van der Waals surface area (Å²) in [5.74, 6) is 0.0782. The van der Waals surface area contributed by atoms with Crippen molar-refractivity contribution in [3.8, 4) is 0 Å². The number of nitrogens with two attached hydrogens (primary N) is 1. The Bertz CT molecular complexity index is 149. The van der Waals surface area contributed by atoms with E-state index in [2.05, 4.69) is 0 Å². The van der Waals surface area contributed by atoms with Gasteiger partial charge in [0.15, 0.2) is 0 Å². The third kappa shape index (κ3) is 4.85. The number of hydrogen-bond donors (Lipinski definition) is 2. The average molecular weight is 188 g/mol. The summed E-state index contributed by atoms with van der Waals surface area (Å²) in [5.41, 5.74) is 5.31. The van der Waals surface area contributed by atoms with Crippen molar-refractivity contribution in [2.75, 3.05) is 19.7 Å². The highest BCUT2D eigenvalue weighted by Crippen LogP contribution is 2.02. The van der Waals surface area contributed by atoms with Crippen molar-refractivity contribution in [1.82, 2.24) is 4.90 Å². The van der Waals surface area contributed by atoms with Crippen LogP contribution >= 0.6 is 0 Å². The highest BCUT2D eigenvalue weighted by molar-refractivity contribution is 5.76. The molecule has 0 spiro atoms. The molecular formula is C9H20N2O2. The maximum atomic E-state index is 11.5. The smallest absolute Gasteiger partial charge is 0.222 e. The van der Waals surface area contributed by atoms with Gasteiger partial charge in [-0.2, -0.15) is 0 Å². The molecule has 0 heterocycles. The molecule has 78 valence electrons. The van der Waals surface area contributed by atoms with E-state index in [1.54, 1.807) is 4.90 Å². The number of carbonyl (C=O) groups is 1. The molecule has 0 aliphatic rings. The summed E-state index contributed by atoms with van der Waals surface area (Å²) in [5, 5.41) is 8.74. The highest BCUT2D eigenvalue weighted by Gasteiger charge is 2.14. The number of aliphatic hydroxyl groups is 1. The first kappa shape index (κ1) is 12.4. The molecule has 0 saturated carbocycles. The molecule has 0 saturated heterocycles. The second-order valence-corrected chi connectivity index (χ2v) is 3.30. The van der Waals surface area contributed by atoms with Gasteiger partial charge in [0.25, 0.3) is 0 Å². The molecule has 0 fully saturated rings. The van der Waals surface area contributed by atoms with Gasteiger partial charge in [-0.1, -0.05) is 0 Å². The molecule has 0 atom stereocenters. The van der Waals surface area contributed by atoms with E-state index in [1.807, 2.05) is 13.8 Å². The van der Waals surface area contributed by atoms with Gasteiger partial charge < -0.3 is 15.7 Å². The fourth-order valence-electron chi connectivity index (χ4n) is 1.18. The molecule has 0 bridgehead atoms. The standard InChI is InChI=1S/C9H20N2O2/c1-8(2)11(6-7-12)9(13)4-3-5-10/h8,12H,3-7,10H2,1-2H3. The van der Waals surface area contributed by atoms with Crippen LogP contribution in [0.1, 0.15) is 26.7 Å². The molecule has 0 aliphatic carbocycles. The Morgan fingerprint density at radius 3 is 2.54 bits per heavy atom. The van der Waals surface area contributed by atoms with Gasteiger partial charge in [0.05, 0.1) is 6.61 Å². The monoisotopic (exact) mass is 188 g/mol. The molecular weight excluding hydrogens is 168 g/mol. The molecule has 0 unspecified atom stereocenters. The lowest BCUT2D eigenvalue weighted by atomic mass is 10.2. The zero-order valence-electron chi connectivity index (χ0n) is 8.49. The summed E-state index contributed by atoms with van der Waals surface area (Å²) in [4.78, 5) is 13.2. The largest absolute Gasteiger partial charge is 0.395 e. The number of rotatable bonds is 6. The fraction of sp³-hybridized carbons (Fsp3) is 0.889. The second kappa shape index (κ2) is 6.86. The van der Waals surface area contributed by atoms with Crippen molar-refractivity contribution in [3.63, 3.8) is 0 Å².